The van der Waals surface area contributed by atoms with Gasteiger partial charge in [-0.2, -0.15) is 13.2 Å². The lowest BCUT2D eigenvalue weighted by molar-refractivity contribution is -0.137. The number of alkyl halides is 3. The number of ether oxygens (including phenoxy) is 1. The number of unbranched alkanes of at least 4 members (excludes halogenated alkanes) is 2. The highest BCUT2D eigenvalue weighted by Gasteiger charge is 2.32. The number of pyridine rings is 1. The first-order chi connectivity index (χ1) is 14.0. The fourth-order valence-corrected chi connectivity index (χ4v) is 3.64. The first-order valence-electron chi connectivity index (χ1n) is 10.1. The molecule has 0 atom stereocenters. The zero-order valence-corrected chi connectivity index (χ0v) is 16.4. The Morgan fingerprint density at radius 2 is 1.76 bits per heavy atom. The average molecular weight is 408 g/mol. The van der Waals surface area contributed by atoms with Crippen LogP contribution in [0.4, 0.5) is 18.9 Å². The van der Waals surface area contributed by atoms with Gasteiger partial charge in [-0.25, -0.2) is 0 Å². The quantitative estimate of drug-likeness (QED) is 0.623. The Labute approximate surface area is 169 Å². The summed E-state index contributed by atoms with van der Waals surface area (Å²) in [5.74, 6) is 1.23. The molecule has 0 unspecified atom stereocenters. The SMILES string of the molecule is OCCCCCOc1ccc(C2CCN(c3cncc(C(F)(F)F)c3)CC2)cc1. The van der Waals surface area contributed by atoms with Crippen LogP contribution in [0.25, 0.3) is 0 Å². The van der Waals surface area contributed by atoms with Crippen LogP contribution in [0.1, 0.15) is 49.1 Å². The van der Waals surface area contributed by atoms with Gasteiger partial charge in [-0.1, -0.05) is 12.1 Å². The average Bonchev–Trinajstić information content (AvgIpc) is 2.74. The maximum Gasteiger partial charge on any atom is 0.417 e. The maximum absolute atomic E-state index is 12.9. The lowest BCUT2D eigenvalue weighted by atomic mass is 9.89. The third-order valence-corrected chi connectivity index (χ3v) is 5.33. The standard InChI is InChI=1S/C22H27F3N2O2/c23-22(24,25)19-14-20(16-26-15-19)27-10-8-18(9-11-27)17-4-6-21(7-5-17)29-13-3-1-2-12-28/h4-7,14-16,18,28H,1-3,8-13H2. The summed E-state index contributed by atoms with van der Waals surface area (Å²) in [5.41, 5.74) is 1.06. The molecule has 1 N–H and O–H groups in total. The molecule has 2 heterocycles. The molecule has 3 rings (SSSR count). The van der Waals surface area contributed by atoms with Gasteiger partial charge in [0.15, 0.2) is 0 Å². The molecule has 1 saturated heterocycles. The molecule has 0 spiro atoms. The summed E-state index contributed by atoms with van der Waals surface area (Å²) in [6.45, 7) is 2.27. The van der Waals surface area contributed by atoms with Crippen LogP contribution in [0.3, 0.4) is 0 Å². The number of benzene rings is 1. The van der Waals surface area contributed by atoms with Gasteiger partial charge in [-0.3, -0.25) is 4.98 Å². The minimum absolute atomic E-state index is 0.220. The van der Waals surface area contributed by atoms with Gasteiger partial charge in [0.1, 0.15) is 5.75 Å². The van der Waals surface area contributed by atoms with E-state index in [2.05, 4.69) is 17.1 Å². The highest BCUT2D eigenvalue weighted by molar-refractivity contribution is 5.47. The molecule has 7 heteroatoms. The molecule has 1 aliphatic heterocycles. The van der Waals surface area contributed by atoms with Crippen LogP contribution < -0.4 is 9.64 Å². The predicted molar refractivity (Wildman–Crippen MR) is 106 cm³/mol. The lowest BCUT2D eigenvalue weighted by Gasteiger charge is -2.34. The number of rotatable bonds is 8. The second-order valence-electron chi connectivity index (χ2n) is 7.39. The van der Waals surface area contributed by atoms with E-state index in [1.165, 1.54) is 17.8 Å². The van der Waals surface area contributed by atoms with Gasteiger partial charge >= 0.3 is 6.18 Å². The van der Waals surface area contributed by atoms with Crippen LogP contribution in [0, 0.1) is 0 Å². The number of hydrogen-bond acceptors (Lipinski definition) is 4. The number of aromatic nitrogens is 1. The zero-order chi connectivity index (χ0) is 20.7. The van der Waals surface area contributed by atoms with Crippen molar-refractivity contribution >= 4 is 5.69 Å². The molecule has 0 radical (unpaired) electrons. The molecule has 29 heavy (non-hydrogen) atoms. The van der Waals surface area contributed by atoms with Crippen molar-refractivity contribution in [2.24, 2.45) is 0 Å². The molecule has 0 aliphatic carbocycles. The molecular weight excluding hydrogens is 381 g/mol. The Bertz CT molecular complexity index is 757. The van der Waals surface area contributed by atoms with Crippen molar-refractivity contribution in [2.75, 3.05) is 31.2 Å². The Kier molecular flexibility index (Phi) is 7.36. The minimum atomic E-state index is -4.37. The molecule has 1 aliphatic rings. The van der Waals surface area contributed by atoms with E-state index < -0.39 is 11.7 Å². The molecule has 0 bridgehead atoms. The Hall–Kier alpha value is -2.28. The van der Waals surface area contributed by atoms with Crippen molar-refractivity contribution < 1.29 is 23.0 Å². The fourth-order valence-electron chi connectivity index (χ4n) is 3.64. The second-order valence-corrected chi connectivity index (χ2v) is 7.39. The fraction of sp³-hybridized carbons (Fsp3) is 0.500. The molecule has 0 amide bonds. The van der Waals surface area contributed by atoms with Crippen LogP contribution >= 0.6 is 0 Å². The van der Waals surface area contributed by atoms with Gasteiger partial charge in [0, 0.05) is 25.9 Å². The molecule has 0 saturated carbocycles. The first-order valence-corrected chi connectivity index (χ1v) is 10.1. The monoisotopic (exact) mass is 408 g/mol. The number of halogens is 3. The summed E-state index contributed by atoms with van der Waals surface area (Å²) in [6.07, 6.45) is 2.45. The number of piperidine rings is 1. The van der Waals surface area contributed by atoms with Gasteiger partial charge in [-0.15, -0.1) is 0 Å². The summed E-state index contributed by atoms with van der Waals surface area (Å²) in [5, 5.41) is 8.77. The summed E-state index contributed by atoms with van der Waals surface area (Å²) in [7, 11) is 0. The number of anilines is 1. The van der Waals surface area contributed by atoms with E-state index in [1.807, 2.05) is 17.0 Å². The smallest absolute Gasteiger partial charge is 0.417 e. The van der Waals surface area contributed by atoms with Gasteiger partial charge < -0.3 is 14.7 Å². The van der Waals surface area contributed by atoms with E-state index in [4.69, 9.17) is 9.84 Å². The second kappa shape index (κ2) is 9.96. The normalized spacial score (nSPS) is 15.5. The number of aliphatic hydroxyl groups excluding tert-OH is 1. The van der Waals surface area contributed by atoms with Crippen molar-refractivity contribution in [2.45, 2.75) is 44.2 Å². The number of hydrogen-bond donors (Lipinski definition) is 1. The van der Waals surface area contributed by atoms with Crippen molar-refractivity contribution in [1.82, 2.24) is 4.98 Å². The van der Waals surface area contributed by atoms with E-state index in [-0.39, 0.29) is 6.61 Å². The minimum Gasteiger partial charge on any atom is -0.494 e. The summed E-state index contributed by atoms with van der Waals surface area (Å²) in [4.78, 5) is 5.74. The highest BCUT2D eigenvalue weighted by Crippen LogP contribution is 2.34. The molecule has 1 fully saturated rings. The summed E-state index contributed by atoms with van der Waals surface area (Å²) in [6, 6.07) is 9.29. The van der Waals surface area contributed by atoms with Crippen LogP contribution in [0.15, 0.2) is 42.7 Å². The maximum atomic E-state index is 12.9. The number of nitrogens with zero attached hydrogens (tertiary/aromatic N) is 2. The summed E-state index contributed by atoms with van der Waals surface area (Å²) >= 11 is 0. The van der Waals surface area contributed by atoms with Gasteiger partial charge in [0.05, 0.1) is 24.1 Å². The Morgan fingerprint density at radius 3 is 2.41 bits per heavy atom. The topological polar surface area (TPSA) is 45.6 Å². The third-order valence-electron chi connectivity index (χ3n) is 5.33. The predicted octanol–water partition coefficient (Wildman–Crippen LogP) is 5.03. The Morgan fingerprint density at radius 1 is 1.03 bits per heavy atom. The van der Waals surface area contributed by atoms with Crippen molar-refractivity contribution in [3.63, 3.8) is 0 Å². The molecule has 1 aromatic heterocycles. The largest absolute Gasteiger partial charge is 0.494 e. The highest BCUT2D eigenvalue weighted by atomic mass is 19.4. The van der Waals surface area contributed by atoms with E-state index in [9.17, 15) is 13.2 Å². The van der Waals surface area contributed by atoms with Gasteiger partial charge in [0.25, 0.3) is 0 Å². The number of aliphatic hydroxyl groups is 1. The van der Waals surface area contributed by atoms with Crippen molar-refractivity contribution in [3.05, 3.63) is 53.9 Å². The molecule has 158 valence electrons. The van der Waals surface area contributed by atoms with E-state index in [1.54, 1.807) is 0 Å². The van der Waals surface area contributed by atoms with Crippen LogP contribution in [-0.4, -0.2) is 36.4 Å². The lowest BCUT2D eigenvalue weighted by Crippen LogP contribution is -2.33. The van der Waals surface area contributed by atoms with Gasteiger partial charge in [0.2, 0.25) is 0 Å². The zero-order valence-electron chi connectivity index (χ0n) is 16.4. The third kappa shape index (κ3) is 6.10. The molecule has 1 aromatic carbocycles. The summed E-state index contributed by atoms with van der Waals surface area (Å²) < 4.78 is 44.4. The molecule has 2 aromatic rings. The van der Waals surface area contributed by atoms with Crippen LogP contribution in [0.2, 0.25) is 0 Å². The molecular formula is C22H27F3N2O2. The van der Waals surface area contributed by atoms with Crippen molar-refractivity contribution in [1.29, 1.82) is 0 Å². The first kappa shape index (κ1) is 21.4. The van der Waals surface area contributed by atoms with Crippen molar-refractivity contribution in [3.8, 4) is 5.75 Å². The van der Waals surface area contributed by atoms with Crippen LogP contribution in [0.5, 0.6) is 5.75 Å². The van der Waals surface area contributed by atoms with Crippen LogP contribution in [-0.2, 0) is 6.18 Å². The van der Waals surface area contributed by atoms with Gasteiger partial charge in [-0.05, 0) is 61.8 Å². The molecule has 4 nitrogen and oxygen atoms in total. The van der Waals surface area contributed by atoms with E-state index in [0.717, 1.165) is 44.1 Å². The Balaban J connectivity index is 1.50. The van der Waals surface area contributed by atoms with E-state index in [0.29, 0.717) is 31.3 Å². The van der Waals surface area contributed by atoms with E-state index >= 15 is 0 Å².